The molecule has 1 aliphatic rings. The molecule has 2 heterocycles. The average Bonchev–Trinajstić information content (AvgIpc) is 2.76. The van der Waals surface area contributed by atoms with Gasteiger partial charge in [-0.05, 0) is 19.9 Å². The molecule has 1 atom stereocenters. The van der Waals surface area contributed by atoms with Crippen LogP contribution in [-0.2, 0) is 16.0 Å². The normalized spacial score (nSPS) is 24.5. The molecule has 1 unspecified atom stereocenters. The molecule has 15 heavy (non-hydrogen) atoms. The number of hydrogen-bond donors (Lipinski definition) is 2. The molecule has 1 aliphatic heterocycles. The standard InChI is InChI=1S/C10H17N3O2/c1-10(2)14-7-9(15-10)6-11-5-8-3-4-12-13-8/h3-4,9,11H,5-7H2,1-2H3,(H,12,13). The molecular weight excluding hydrogens is 194 g/mol. The maximum absolute atomic E-state index is 5.66. The number of ether oxygens (including phenoxy) is 2. The zero-order chi connectivity index (χ0) is 10.7. The Hall–Kier alpha value is -0.910. The molecular formula is C10H17N3O2. The maximum atomic E-state index is 5.66. The smallest absolute Gasteiger partial charge is 0.163 e. The Morgan fingerprint density at radius 1 is 1.67 bits per heavy atom. The van der Waals surface area contributed by atoms with Crippen LogP contribution < -0.4 is 5.32 Å². The van der Waals surface area contributed by atoms with Crippen molar-refractivity contribution in [3.8, 4) is 0 Å². The van der Waals surface area contributed by atoms with E-state index in [1.807, 2.05) is 19.9 Å². The van der Waals surface area contributed by atoms with Gasteiger partial charge in [-0.15, -0.1) is 0 Å². The Kier molecular flexibility index (Phi) is 3.04. The van der Waals surface area contributed by atoms with Crippen molar-refractivity contribution in [2.45, 2.75) is 32.3 Å². The minimum Gasteiger partial charge on any atom is -0.348 e. The van der Waals surface area contributed by atoms with E-state index in [-0.39, 0.29) is 6.10 Å². The Morgan fingerprint density at radius 2 is 2.53 bits per heavy atom. The van der Waals surface area contributed by atoms with Crippen LogP contribution in [0.15, 0.2) is 12.3 Å². The molecule has 0 radical (unpaired) electrons. The van der Waals surface area contributed by atoms with Gasteiger partial charge < -0.3 is 14.8 Å². The fraction of sp³-hybridized carbons (Fsp3) is 0.700. The second kappa shape index (κ2) is 4.30. The molecule has 1 fully saturated rings. The first-order valence-electron chi connectivity index (χ1n) is 5.16. The Morgan fingerprint density at radius 3 is 3.13 bits per heavy atom. The first kappa shape index (κ1) is 10.6. The van der Waals surface area contributed by atoms with Gasteiger partial charge in [0.2, 0.25) is 0 Å². The number of hydrogen-bond acceptors (Lipinski definition) is 4. The monoisotopic (exact) mass is 211 g/mol. The van der Waals surface area contributed by atoms with Gasteiger partial charge in [-0.2, -0.15) is 5.10 Å². The van der Waals surface area contributed by atoms with Gasteiger partial charge in [-0.25, -0.2) is 0 Å². The summed E-state index contributed by atoms with van der Waals surface area (Å²) in [6, 6.07) is 1.95. The van der Waals surface area contributed by atoms with Crippen molar-refractivity contribution in [3.63, 3.8) is 0 Å². The third-order valence-corrected chi connectivity index (χ3v) is 2.31. The van der Waals surface area contributed by atoms with E-state index in [9.17, 15) is 0 Å². The highest BCUT2D eigenvalue weighted by atomic mass is 16.7. The largest absolute Gasteiger partial charge is 0.348 e. The van der Waals surface area contributed by atoms with Gasteiger partial charge in [-0.3, -0.25) is 5.10 Å². The first-order chi connectivity index (χ1) is 7.16. The molecule has 84 valence electrons. The van der Waals surface area contributed by atoms with Crippen LogP contribution in [0, 0.1) is 0 Å². The lowest BCUT2D eigenvalue weighted by Crippen LogP contribution is -2.30. The van der Waals surface area contributed by atoms with E-state index in [4.69, 9.17) is 9.47 Å². The van der Waals surface area contributed by atoms with Crippen molar-refractivity contribution in [2.24, 2.45) is 0 Å². The number of nitrogens with one attached hydrogen (secondary N) is 2. The van der Waals surface area contributed by atoms with Gasteiger partial charge >= 0.3 is 0 Å². The summed E-state index contributed by atoms with van der Waals surface area (Å²) in [4.78, 5) is 0. The van der Waals surface area contributed by atoms with Crippen LogP contribution >= 0.6 is 0 Å². The van der Waals surface area contributed by atoms with E-state index in [2.05, 4.69) is 15.5 Å². The summed E-state index contributed by atoms with van der Waals surface area (Å²) in [5, 5.41) is 10.1. The molecule has 0 saturated carbocycles. The molecule has 2 rings (SSSR count). The number of aromatic nitrogens is 2. The van der Waals surface area contributed by atoms with Gasteiger partial charge in [0.1, 0.15) is 0 Å². The van der Waals surface area contributed by atoms with Gasteiger partial charge in [-0.1, -0.05) is 0 Å². The molecule has 5 heteroatoms. The topological polar surface area (TPSA) is 59.2 Å². The lowest BCUT2D eigenvalue weighted by molar-refractivity contribution is -0.137. The Bertz CT molecular complexity index is 298. The molecule has 0 bridgehead atoms. The second-order valence-electron chi connectivity index (χ2n) is 4.16. The summed E-state index contributed by atoms with van der Waals surface area (Å²) in [6.07, 6.45) is 1.89. The van der Waals surface area contributed by atoms with Crippen molar-refractivity contribution >= 4 is 0 Å². The summed E-state index contributed by atoms with van der Waals surface area (Å²) in [6.45, 7) is 6.09. The lowest BCUT2D eigenvalue weighted by Gasteiger charge is -2.17. The first-order valence-corrected chi connectivity index (χ1v) is 5.16. The lowest BCUT2D eigenvalue weighted by atomic mass is 10.3. The highest BCUT2D eigenvalue weighted by Crippen LogP contribution is 2.21. The highest BCUT2D eigenvalue weighted by Gasteiger charge is 2.32. The van der Waals surface area contributed by atoms with Crippen molar-refractivity contribution in [1.82, 2.24) is 15.5 Å². The van der Waals surface area contributed by atoms with E-state index in [0.29, 0.717) is 6.61 Å². The fourth-order valence-electron chi connectivity index (χ4n) is 1.61. The minimum atomic E-state index is -0.430. The second-order valence-corrected chi connectivity index (χ2v) is 4.16. The molecule has 0 aliphatic carbocycles. The fourth-order valence-corrected chi connectivity index (χ4v) is 1.61. The molecule has 0 aromatic carbocycles. The van der Waals surface area contributed by atoms with Crippen molar-refractivity contribution < 1.29 is 9.47 Å². The minimum absolute atomic E-state index is 0.142. The van der Waals surface area contributed by atoms with Crippen LogP contribution in [0.25, 0.3) is 0 Å². The summed E-state index contributed by atoms with van der Waals surface area (Å²) < 4.78 is 11.1. The summed E-state index contributed by atoms with van der Waals surface area (Å²) in [7, 11) is 0. The SMILES string of the molecule is CC1(C)OCC(CNCc2ccn[nH]2)O1. The number of rotatable bonds is 4. The van der Waals surface area contributed by atoms with Gasteiger partial charge in [0.05, 0.1) is 12.7 Å². The number of H-pyrrole nitrogens is 1. The Labute approximate surface area is 89.2 Å². The predicted octanol–water partition coefficient (Wildman–Crippen LogP) is 0.651. The Balaban J connectivity index is 1.67. The van der Waals surface area contributed by atoms with Crippen LogP contribution in [0.3, 0.4) is 0 Å². The van der Waals surface area contributed by atoms with E-state index in [1.54, 1.807) is 6.20 Å². The average molecular weight is 211 g/mol. The van der Waals surface area contributed by atoms with Crippen LogP contribution in [0.2, 0.25) is 0 Å². The third-order valence-electron chi connectivity index (χ3n) is 2.31. The van der Waals surface area contributed by atoms with Crippen LogP contribution in [0.4, 0.5) is 0 Å². The molecule has 0 amide bonds. The van der Waals surface area contributed by atoms with Crippen molar-refractivity contribution in [3.05, 3.63) is 18.0 Å². The molecule has 5 nitrogen and oxygen atoms in total. The van der Waals surface area contributed by atoms with Crippen LogP contribution in [0.5, 0.6) is 0 Å². The molecule has 1 aromatic rings. The molecule has 0 spiro atoms. The third kappa shape index (κ3) is 3.02. The molecule has 1 aromatic heterocycles. The highest BCUT2D eigenvalue weighted by molar-refractivity contribution is 4.96. The van der Waals surface area contributed by atoms with Crippen LogP contribution in [-0.4, -0.2) is 35.2 Å². The van der Waals surface area contributed by atoms with Crippen LogP contribution in [0.1, 0.15) is 19.5 Å². The van der Waals surface area contributed by atoms with Crippen molar-refractivity contribution in [2.75, 3.05) is 13.2 Å². The summed E-state index contributed by atoms with van der Waals surface area (Å²) in [5.41, 5.74) is 1.08. The van der Waals surface area contributed by atoms with Gasteiger partial charge in [0, 0.05) is 25.0 Å². The maximum Gasteiger partial charge on any atom is 0.163 e. The van der Waals surface area contributed by atoms with E-state index in [1.165, 1.54) is 0 Å². The van der Waals surface area contributed by atoms with E-state index >= 15 is 0 Å². The summed E-state index contributed by atoms with van der Waals surface area (Å²) >= 11 is 0. The van der Waals surface area contributed by atoms with Crippen molar-refractivity contribution in [1.29, 1.82) is 0 Å². The zero-order valence-electron chi connectivity index (χ0n) is 9.12. The number of aromatic amines is 1. The molecule has 2 N–H and O–H groups in total. The predicted molar refractivity (Wildman–Crippen MR) is 55.2 cm³/mol. The summed E-state index contributed by atoms with van der Waals surface area (Å²) in [5.74, 6) is -0.430. The number of nitrogens with zero attached hydrogens (tertiary/aromatic N) is 1. The zero-order valence-corrected chi connectivity index (χ0v) is 9.12. The van der Waals surface area contributed by atoms with Gasteiger partial charge in [0.15, 0.2) is 5.79 Å². The van der Waals surface area contributed by atoms with E-state index in [0.717, 1.165) is 18.8 Å². The quantitative estimate of drug-likeness (QED) is 0.767. The van der Waals surface area contributed by atoms with E-state index < -0.39 is 5.79 Å². The molecule has 1 saturated heterocycles. The van der Waals surface area contributed by atoms with Gasteiger partial charge in [0.25, 0.3) is 0 Å².